The molecular weight excluding hydrogens is 633 g/mol. The lowest BCUT2D eigenvalue weighted by molar-refractivity contribution is 1.28. The van der Waals surface area contributed by atoms with E-state index >= 15 is 0 Å². The van der Waals surface area contributed by atoms with Crippen LogP contribution in [0.1, 0.15) is 33.4 Å². The van der Waals surface area contributed by atoms with Gasteiger partial charge >= 0.3 is 0 Å². The van der Waals surface area contributed by atoms with E-state index in [0.29, 0.717) is 22.3 Å². The number of rotatable bonds is 6. The Kier molecular flexibility index (Phi) is 9.85. The van der Waals surface area contributed by atoms with Crippen molar-refractivity contribution >= 4 is 34.1 Å². The second-order valence-corrected chi connectivity index (χ2v) is 11.8. The van der Waals surface area contributed by atoms with Crippen LogP contribution in [0, 0.1) is 46.3 Å². The summed E-state index contributed by atoms with van der Waals surface area (Å²) < 4.78 is 0. The van der Waals surface area contributed by atoms with Crippen molar-refractivity contribution in [1.82, 2.24) is 0 Å². The molecule has 0 aliphatic heterocycles. The van der Waals surface area contributed by atoms with Crippen molar-refractivity contribution in [3.63, 3.8) is 0 Å². The van der Waals surface area contributed by atoms with Gasteiger partial charge in [0.15, 0.2) is 0 Å². The fraction of sp³-hybridized carbons (Fsp3) is 0. The summed E-state index contributed by atoms with van der Waals surface area (Å²) >= 11 is 0. The van der Waals surface area contributed by atoms with Crippen molar-refractivity contribution in [3.05, 3.63) is 215 Å². The van der Waals surface area contributed by atoms with E-state index in [9.17, 15) is 10.5 Å². The Morgan fingerprint density at radius 1 is 0.288 bits per heavy atom. The van der Waals surface area contributed by atoms with E-state index in [1.165, 1.54) is 0 Å². The molecule has 7 aromatic carbocycles. The molecule has 0 unspecified atom stereocenters. The Balaban J connectivity index is 1.13. The number of benzene rings is 7. The normalized spacial score (nSPS) is 9.96. The van der Waals surface area contributed by atoms with E-state index in [2.05, 4.69) is 94.2 Å². The third-order valence-electron chi connectivity index (χ3n) is 8.39. The molecule has 242 valence electrons. The summed E-state index contributed by atoms with van der Waals surface area (Å²) in [4.78, 5) is 4.37. The van der Waals surface area contributed by atoms with Gasteiger partial charge in [0.25, 0.3) is 0 Å². The smallest absolute Gasteiger partial charge is 0.100 e. The average Bonchev–Trinajstić information content (AvgIpc) is 3.22. The van der Waals surface area contributed by atoms with Gasteiger partial charge in [-0.25, -0.2) is 0 Å². The monoisotopic (exact) mass is 662 g/mol. The first-order valence-electron chi connectivity index (χ1n) is 16.7. The van der Waals surface area contributed by atoms with E-state index in [1.807, 2.05) is 121 Å². The molecule has 0 radical (unpaired) electrons. The zero-order valence-corrected chi connectivity index (χ0v) is 28.1. The van der Waals surface area contributed by atoms with E-state index < -0.39 is 0 Å². The van der Waals surface area contributed by atoms with Gasteiger partial charge in [-0.3, -0.25) is 0 Å². The first-order valence-corrected chi connectivity index (χ1v) is 16.7. The lowest BCUT2D eigenvalue weighted by Gasteiger charge is -2.25. The number of nitriles is 2. The Morgan fingerprint density at radius 3 is 0.827 bits per heavy atom. The number of anilines is 6. The molecule has 4 nitrogen and oxygen atoms in total. The minimum Gasteiger partial charge on any atom is -0.311 e. The molecule has 0 saturated heterocycles. The minimum atomic E-state index is 0.364. The molecule has 0 aromatic heterocycles. The van der Waals surface area contributed by atoms with Crippen LogP contribution in [0.2, 0.25) is 0 Å². The summed E-state index contributed by atoms with van der Waals surface area (Å²) in [6.07, 6.45) is 0. The molecule has 0 bridgehead atoms. The minimum absolute atomic E-state index is 0.364. The summed E-state index contributed by atoms with van der Waals surface area (Å²) in [6, 6.07) is 64.5. The number of nitrogens with zero attached hydrogens (tertiary/aromatic N) is 4. The third-order valence-corrected chi connectivity index (χ3v) is 8.39. The molecule has 0 aliphatic rings. The highest BCUT2D eigenvalue weighted by Crippen LogP contribution is 2.35. The molecule has 0 aliphatic carbocycles. The molecule has 0 amide bonds. The van der Waals surface area contributed by atoms with Crippen LogP contribution < -0.4 is 9.80 Å². The highest BCUT2D eigenvalue weighted by atomic mass is 15.1. The average molecular weight is 663 g/mol. The molecule has 0 heterocycles. The first kappa shape index (κ1) is 32.8. The topological polar surface area (TPSA) is 54.1 Å². The maximum atomic E-state index is 10.0. The maximum absolute atomic E-state index is 10.0. The van der Waals surface area contributed by atoms with E-state index in [1.54, 1.807) is 12.1 Å². The fourth-order valence-electron chi connectivity index (χ4n) is 5.86. The quantitative estimate of drug-likeness (QED) is 0.166. The van der Waals surface area contributed by atoms with Gasteiger partial charge in [-0.05, 0) is 109 Å². The molecule has 0 atom stereocenters. The van der Waals surface area contributed by atoms with Crippen molar-refractivity contribution in [1.29, 1.82) is 10.5 Å². The number of hydrogen-bond acceptors (Lipinski definition) is 4. The van der Waals surface area contributed by atoms with Gasteiger partial charge in [0.05, 0.1) is 11.1 Å². The molecule has 4 heteroatoms. The van der Waals surface area contributed by atoms with Crippen molar-refractivity contribution < 1.29 is 0 Å². The Morgan fingerprint density at radius 2 is 0.558 bits per heavy atom. The van der Waals surface area contributed by atoms with Gasteiger partial charge in [-0.15, -0.1) is 0 Å². The van der Waals surface area contributed by atoms with E-state index in [0.717, 1.165) is 45.3 Å². The second-order valence-electron chi connectivity index (χ2n) is 11.8. The Bertz CT molecular complexity index is 2250. The molecule has 0 fully saturated rings. The zero-order valence-electron chi connectivity index (χ0n) is 28.1. The van der Waals surface area contributed by atoms with Crippen LogP contribution in [0.15, 0.2) is 182 Å². The van der Waals surface area contributed by atoms with E-state index in [4.69, 9.17) is 0 Å². The van der Waals surface area contributed by atoms with Crippen LogP contribution in [-0.4, -0.2) is 0 Å². The fourth-order valence-corrected chi connectivity index (χ4v) is 5.86. The van der Waals surface area contributed by atoms with Gasteiger partial charge < -0.3 is 9.80 Å². The van der Waals surface area contributed by atoms with Crippen molar-refractivity contribution in [2.24, 2.45) is 0 Å². The predicted octanol–water partition coefficient (Wildman–Crippen LogP) is 11.2. The van der Waals surface area contributed by atoms with Crippen LogP contribution in [-0.2, 0) is 0 Å². The van der Waals surface area contributed by atoms with E-state index in [-0.39, 0.29) is 0 Å². The van der Waals surface area contributed by atoms with Crippen molar-refractivity contribution in [2.45, 2.75) is 0 Å². The van der Waals surface area contributed by atoms with Crippen LogP contribution in [0.25, 0.3) is 0 Å². The molecular formula is C48H30N4. The second kappa shape index (κ2) is 15.6. The molecule has 0 spiro atoms. The lowest BCUT2D eigenvalue weighted by Crippen LogP contribution is -2.09. The molecule has 0 N–H and O–H groups in total. The van der Waals surface area contributed by atoms with Crippen LogP contribution in [0.4, 0.5) is 34.1 Å². The molecule has 7 aromatic rings. The lowest BCUT2D eigenvalue weighted by atomic mass is 9.99. The number of para-hydroxylation sites is 4. The number of hydrogen-bond donors (Lipinski definition) is 0. The largest absolute Gasteiger partial charge is 0.311 e. The van der Waals surface area contributed by atoms with Crippen molar-refractivity contribution in [2.75, 3.05) is 9.80 Å². The summed E-state index contributed by atoms with van der Waals surface area (Å²) in [6.45, 7) is 0. The first-order chi connectivity index (χ1) is 25.7. The van der Waals surface area contributed by atoms with Crippen molar-refractivity contribution in [3.8, 4) is 35.8 Å². The molecule has 52 heavy (non-hydrogen) atoms. The van der Waals surface area contributed by atoms with Gasteiger partial charge in [0, 0.05) is 56.4 Å². The summed E-state index contributed by atoms with van der Waals surface area (Å²) in [5, 5.41) is 20.0. The molecule has 0 saturated carbocycles. The molecule has 7 rings (SSSR count). The Labute approximate surface area is 304 Å². The van der Waals surface area contributed by atoms with Crippen LogP contribution >= 0.6 is 0 Å². The predicted molar refractivity (Wildman–Crippen MR) is 210 cm³/mol. The SMILES string of the molecule is N#Cc1cc(C#Cc2ccc(N(c3ccccc3)c3ccccc3)cc2)c(C#N)cc1C#Cc1ccc(N(c2ccccc2)c2ccccc2)cc1. The highest BCUT2D eigenvalue weighted by Gasteiger charge is 2.13. The van der Waals surface area contributed by atoms with Gasteiger partial charge in [-0.2, -0.15) is 10.5 Å². The third kappa shape index (κ3) is 7.44. The maximum Gasteiger partial charge on any atom is 0.100 e. The van der Waals surface area contributed by atoms with Gasteiger partial charge in [0.2, 0.25) is 0 Å². The summed E-state index contributed by atoms with van der Waals surface area (Å²) in [7, 11) is 0. The Hall–Kier alpha value is -7.76. The van der Waals surface area contributed by atoms with Gasteiger partial charge in [0.1, 0.15) is 12.1 Å². The zero-order chi connectivity index (χ0) is 35.5. The standard InChI is InChI=1S/C48H30N4/c49-35-41-34-40(28-22-38-25-31-48(32-26-38)52(45-17-9-3-10-18-45)46-19-11-4-12-20-46)42(36-50)33-39(41)27-21-37-23-29-47(30-24-37)51(43-13-5-1-6-14-43)44-15-7-2-8-16-44/h1-20,23-26,29-34H. The van der Waals surface area contributed by atoms with Crippen LogP contribution in [0.5, 0.6) is 0 Å². The highest BCUT2D eigenvalue weighted by molar-refractivity contribution is 5.78. The summed E-state index contributed by atoms with van der Waals surface area (Å²) in [5.41, 5.74) is 9.46. The van der Waals surface area contributed by atoms with Gasteiger partial charge in [-0.1, -0.05) is 96.5 Å². The summed E-state index contributed by atoms with van der Waals surface area (Å²) in [5.74, 6) is 12.6. The van der Waals surface area contributed by atoms with Crippen LogP contribution in [0.3, 0.4) is 0 Å².